The van der Waals surface area contributed by atoms with Gasteiger partial charge in [0.1, 0.15) is 6.04 Å². The first-order valence-electron chi connectivity index (χ1n) is 5.87. The van der Waals surface area contributed by atoms with E-state index in [1.807, 2.05) is 0 Å². The molecule has 0 aliphatic heterocycles. The van der Waals surface area contributed by atoms with Gasteiger partial charge in [0.15, 0.2) is 6.29 Å². The zero-order valence-electron chi connectivity index (χ0n) is 11.6. The number of ether oxygens (including phenoxy) is 3. The zero-order chi connectivity index (χ0) is 15.1. The maximum Gasteiger partial charge on any atom is 0.329 e. The van der Waals surface area contributed by atoms with Gasteiger partial charge in [-0.05, 0) is 12.1 Å². The highest BCUT2D eigenvalue weighted by Gasteiger charge is 2.28. The average Bonchev–Trinajstić information content (AvgIpc) is 2.86. The minimum atomic E-state index is -0.965. The van der Waals surface area contributed by atoms with Gasteiger partial charge in [0.25, 0.3) is 0 Å². The number of aldehydes is 1. The standard InChI is InChI=1S/C13H17NO6/c1-18-8-10-5-4-9(7-15)14(10)11(13(17)20-3)6-12(16)19-2/h4-5,7,11H,6,8H2,1-3H3. The van der Waals surface area contributed by atoms with E-state index >= 15 is 0 Å². The van der Waals surface area contributed by atoms with Crippen LogP contribution in [-0.4, -0.2) is 44.1 Å². The fourth-order valence-corrected chi connectivity index (χ4v) is 1.91. The summed E-state index contributed by atoms with van der Waals surface area (Å²) in [7, 11) is 3.93. The highest BCUT2D eigenvalue weighted by Crippen LogP contribution is 2.21. The van der Waals surface area contributed by atoms with Crippen molar-refractivity contribution in [1.29, 1.82) is 0 Å². The smallest absolute Gasteiger partial charge is 0.329 e. The molecule has 0 aliphatic rings. The molecule has 0 N–H and O–H groups in total. The van der Waals surface area contributed by atoms with Crippen molar-refractivity contribution >= 4 is 18.2 Å². The Balaban J connectivity index is 3.23. The van der Waals surface area contributed by atoms with Crippen molar-refractivity contribution < 1.29 is 28.6 Å². The van der Waals surface area contributed by atoms with Crippen LogP contribution < -0.4 is 0 Å². The van der Waals surface area contributed by atoms with Crippen LogP contribution in [0.15, 0.2) is 12.1 Å². The van der Waals surface area contributed by atoms with Crippen molar-refractivity contribution in [2.45, 2.75) is 19.1 Å². The fraction of sp³-hybridized carbons (Fsp3) is 0.462. The molecule has 20 heavy (non-hydrogen) atoms. The van der Waals surface area contributed by atoms with Crippen molar-refractivity contribution in [3.05, 3.63) is 23.5 Å². The third-order valence-electron chi connectivity index (χ3n) is 2.82. The van der Waals surface area contributed by atoms with E-state index in [4.69, 9.17) is 4.74 Å². The largest absolute Gasteiger partial charge is 0.469 e. The first-order valence-corrected chi connectivity index (χ1v) is 5.87. The number of hydrogen-bond donors (Lipinski definition) is 0. The molecular weight excluding hydrogens is 266 g/mol. The molecule has 0 saturated heterocycles. The van der Waals surface area contributed by atoms with Crippen LogP contribution in [0.1, 0.15) is 28.6 Å². The molecule has 1 atom stereocenters. The summed E-state index contributed by atoms with van der Waals surface area (Å²) in [4.78, 5) is 34.4. The molecule has 0 bridgehead atoms. The number of nitrogens with zero attached hydrogens (tertiary/aromatic N) is 1. The monoisotopic (exact) mass is 283 g/mol. The molecule has 7 nitrogen and oxygen atoms in total. The normalized spacial score (nSPS) is 11.8. The summed E-state index contributed by atoms with van der Waals surface area (Å²) in [6.45, 7) is 0.197. The Hall–Kier alpha value is -2.15. The molecule has 110 valence electrons. The summed E-state index contributed by atoms with van der Waals surface area (Å²) < 4.78 is 15.7. The number of hydrogen-bond acceptors (Lipinski definition) is 6. The first kappa shape index (κ1) is 15.9. The van der Waals surface area contributed by atoms with E-state index in [1.54, 1.807) is 12.1 Å². The van der Waals surface area contributed by atoms with E-state index in [0.29, 0.717) is 12.0 Å². The van der Waals surface area contributed by atoms with E-state index in [0.717, 1.165) is 0 Å². The molecule has 1 heterocycles. The lowest BCUT2D eigenvalue weighted by molar-refractivity contribution is -0.151. The predicted molar refractivity (Wildman–Crippen MR) is 68.2 cm³/mol. The van der Waals surface area contributed by atoms with E-state index < -0.39 is 18.0 Å². The van der Waals surface area contributed by atoms with Crippen molar-refractivity contribution in [3.63, 3.8) is 0 Å². The molecule has 0 aliphatic carbocycles. The first-order chi connectivity index (χ1) is 9.58. The maximum absolute atomic E-state index is 11.9. The van der Waals surface area contributed by atoms with Gasteiger partial charge in [-0.1, -0.05) is 0 Å². The van der Waals surface area contributed by atoms with E-state index in [-0.39, 0.29) is 18.7 Å². The number of carbonyl (C=O) groups excluding carboxylic acids is 3. The maximum atomic E-state index is 11.9. The van der Waals surface area contributed by atoms with Crippen molar-refractivity contribution in [3.8, 4) is 0 Å². The summed E-state index contributed by atoms with van der Waals surface area (Å²) in [5.41, 5.74) is 0.852. The molecule has 0 saturated carbocycles. The topological polar surface area (TPSA) is 83.8 Å². The lowest BCUT2D eigenvalue weighted by Crippen LogP contribution is -2.27. The Morgan fingerprint density at radius 2 is 1.95 bits per heavy atom. The minimum absolute atomic E-state index is 0.197. The molecule has 1 rings (SSSR count). The molecular formula is C13H17NO6. The lowest BCUT2D eigenvalue weighted by atomic mass is 10.2. The molecule has 0 radical (unpaired) electrons. The van der Waals surface area contributed by atoms with Gasteiger partial charge < -0.3 is 18.8 Å². The summed E-state index contributed by atoms with van der Waals surface area (Å²) in [6, 6.07) is 2.24. The second-order valence-corrected chi connectivity index (χ2v) is 3.99. The van der Waals surface area contributed by atoms with Crippen LogP contribution in [0.2, 0.25) is 0 Å². The Bertz CT molecular complexity index is 493. The van der Waals surface area contributed by atoms with Gasteiger partial charge in [0, 0.05) is 12.8 Å². The highest BCUT2D eigenvalue weighted by molar-refractivity contribution is 5.83. The van der Waals surface area contributed by atoms with E-state index in [9.17, 15) is 14.4 Å². The Kier molecular flexibility index (Phi) is 5.92. The Labute approximate surface area is 116 Å². The third kappa shape index (κ3) is 3.45. The van der Waals surface area contributed by atoms with E-state index in [1.165, 1.54) is 25.9 Å². The van der Waals surface area contributed by atoms with Gasteiger partial charge >= 0.3 is 11.9 Å². The third-order valence-corrected chi connectivity index (χ3v) is 2.82. The van der Waals surface area contributed by atoms with Crippen molar-refractivity contribution in [2.75, 3.05) is 21.3 Å². The highest BCUT2D eigenvalue weighted by atomic mass is 16.5. The van der Waals surface area contributed by atoms with Gasteiger partial charge in [-0.15, -0.1) is 0 Å². The van der Waals surface area contributed by atoms with Gasteiger partial charge in [-0.25, -0.2) is 4.79 Å². The van der Waals surface area contributed by atoms with Crippen LogP contribution in [0.3, 0.4) is 0 Å². The summed E-state index contributed by atoms with van der Waals surface area (Å²) in [5, 5.41) is 0. The molecule has 1 aromatic rings. The van der Waals surface area contributed by atoms with Crippen LogP contribution in [0, 0.1) is 0 Å². The SMILES string of the molecule is COCc1ccc(C=O)n1C(CC(=O)OC)C(=O)OC. The fourth-order valence-electron chi connectivity index (χ4n) is 1.91. The Morgan fingerprint density at radius 1 is 1.25 bits per heavy atom. The van der Waals surface area contributed by atoms with Gasteiger partial charge in [0.2, 0.25) is 0 Å². The molecule has 0 aromatic carbocycles. The number of aromatic nitrogens is 1. The van der Waals surface area contributed by atoms with Crippen LogP contribution in [-0.2, 0) is 30.4 Å². The van der Waals surface area contributed by atoms with Crippen LogP contribution >= 0.6 is 0 Å². The van der Waals surface area contributed by atoms with Gasteiger partial charge in [-0.3, -0.25) is 9.59 Å². The zero-order valence-corrected chi connectivity index (χ0v) is 11.6. The molecule has 0 fully saturated rings. The van der Waals surface area contributed by atoms with Crippen molar-refractivity contribution in [2.24, 2.45) is 0 Å². The van der Waals surface area contributed by atoms with Crippen LogP contribution in [0.25, 0.3) is 0 Å². The number of esters is 2. The summed E-state index contributed by atoms with van der Waals surface area (Å²) in [6.07, 6.45) is 0.377. The quantitative estimate of drug-likeness (QED) is 0.541. The predicted octanol–water partition coefficient (Wildman–Crippen LogP) is 0.724. The second kappa shape index (κ2) is 7.44. The van der Waals surface area contributed by atoms with Crippen molar-refractivity contribution in [1.82, 2.24) is 4.57 Å². The number of carbonyl (C=O) groups is 3. The summed E-state index contributed by atoms with van der Waals surface area (Å²) in [5.74, 6) is -1.21. The molecule has 1 unspecified atom stereocenters. The lowest BCUT2D eigenvalue weighted by Gasteiger charge is -2.19. The Morgan fingerprint density at radius 3 is 2.45 bits per heavy atom. The van der Waals surface area contributed by atoms with E-state index in [2.05, 4.69) is 9.47 Å². The van der Waals surface area contributed by atoms with Crippen LogP contribution in [0.4, 0.5) is 0 Å². The molecule has 7 heteroatoms. The van der Waals surface area contributed by atoms with Gasteiger partial charge in [0.05, 0.1) is 32.9 Å². The molecule has 1 aromatic heterocycles. The molecule has 0 amide bonds. The second-order valence-electron chi connectivity index (χ2n) is 3.99. The van der Waals surface area contributed by atoms with Gasteiger partial charge in [-0.2, -0.15) is 0 Å². The number of rotatable bonds is 7. The molecule has 0 spiro atoms. The average molecular weight is 283 g/mol. The minimum Gasteiger partial charge on any atom is -0.469 e. The van der Waals surface area contributed by atoms with Crippen LogP contribution in [0.5, 0.6) is 0 Å². The number of methoxy groups -OCH3 is 3. The summed E-state index contributed by atoms with van der Waals surface area (Å²) >= 11 is 0.